The van der Waals surface area contributed by atoms with Crippen LogP contribution in [0.4, 0.5) is 0 Å². The molecule has 1 aliphatic carbocycles. The molecule has 2 fully saturated rings. The Morgan fingerprint density at radius 2 is 1.76 bits per heavy atom. The highest BCUT2D eigenvalue weighted by molar-refractivity contribution is 5.29. The lowest BCUT2D eigenvalue weighted by atomic mass is 9.94. The number of benzene rings is 1. The molecule has 1 aromatic carbocycles. The second-order valence-corrected chi connectivity index (χ2v) is 5.71. The Labute approximate surface area is 128 Å². The van der Waals surface area contributed by atoms with Crippen LogP contribution in [0.3, 0.4) is 0 Å². The van der Waals surface area contributed by atoms with Crippen molar-refractivity contribution in [3.05, 3.63) is 35.4 Å². The molecule has 2 unspecified atom stereocenters. The van der Waals surface area contributed by atoms with E-state index in [9.17, 15) is 5.11 Å². The molecule has 2 atom stereocenters. The molecular weight excluding hydrogens is 264 g/mol. The molecule has 0 aromatic heterocycles. The molecular formula is C18H28O3. The van der Waals surface area contributed by atoms with Gasteiger partial charge in [-0.2, -0.15) is 0 Å². The first kappa shape index (κ1) is 16.5. The average Bonchev–Trinajstić information content (AvgIpc) is 2.88. The number of ether oxygens (including phenoxy) is 2. The van der Waals surface area contributed by atoms with Gasteiger partial charge >= 0.3 is 0 Å². The molecule has 3 rings (SSSR count). The van der Waals surface area contributed by atoms with E-state index in [1.807, 2.05) is 26.0 Å². The fraction of sp³-hybridized carbons (Fsp3) is 0.667. The van der Waals surface area contributed by atoms with Gasteiger partial charge in [-0.05, 0) is 30.9 Å². The predicted octanol–water partition coefficient (Wildman–Crippen LogP) is 4.13. The van der Waals surface area contributed by atoms with Crippen LogP contribution in [0.15, 0.2) is 24.3 Å². The Morgan fingerprint density at radius 1 is 1.10 bits per heavy atom. The summed E-state index contributed by atoms with van der Waals surface area (Å²) in [7, 11) is 0. The Morgan fingerprint density at radius 3 is 2.38 bits per heavy atom. The van der Waals surface area contributed by atoms with Crippen molar-refractivity contribution in [2.75, 3.05) is 6.61 Å². The van der Waals surface area contributed by atoms with Gasteiger partial charge < -0.3 is 14.6 Å². The Hall–Kier alpha value is -0.900. The fourth-order valence-electron chi connectivity index (χ4n) is 3.30. The van der Waals surface area contributed by atoms with Crippen molar-refractivity contribution >= 4 is 0 Å². The standard InChI is InChI=1S/C16H22O3.C2H6/c1-12-7-3-4-8-13(12)15-14(11-17)18-16(19-15)9-5-2-6-10-16;1-2/h3-4,7-8,14-15,17H,2,5-6,9-11H2,1H3;1-2H3. The molecule has 118 valence electrons. The summed E-state index contributed by atoms with van der Waals surface area (Å²) in [5.74, 6) is -0.446. The number of aliphatic hydroxyl groups is 1. The van der Waals surface area contributed by atoms with Crippen molar-refractivity contribution in [3.63, 3.8) is 0 Å². The zero-order chi connectivity index (χ0) is 15.3. The Kier molecular flexibility index (Phi) is 5.80. The molecule has 2 aliphatic rings. The fourth-order valence-corrected chi connectivity index (χ4v) is 3.30. The summed E-state index contributed by atoms with van der Waals surface area (Å²) in [4.78, 5) is 0. The number of hydrogen-bond acceptors (Lipinski definition) is 3. The van der Waals surface area contributed by atoms with Crippen molar-refractivity contribution < 1.29 is 14.6 Å². The SMILES string of the molecule is CC.Cc1ccccc1C1OC2(CCCCC2)OC1CO. The molecule has 1 aliphatic heterocycles. The molecule has 1 N–H and O–H groups in total. The van der Waals surface area contributed by atoms with E-state index in [-0.39, 0.29) is 18.8 Å². The van der Waals surface area contributed by atoms with Gasteiger partial charge in [0.1, 0.15) is 12.2 Å². The van der Waals surface area contributed by atoms with E-state index in [1.165, 1.54) is 12.0 Å². The molecule has 0 amide bonds. The van der Waals surface area contributed by atoms with Crippen molar-refractivity contribution in [2.24, 2.45) is 0 Å². The summed E-state index contributed by atoms with van der Waals surface area (Å²) in [6.45, 7) is 6.10. The molecule has 1 saturated carbocycles. The summed E-state index contributed by atoms with van der Waals surface area (Å²) in [6.07, 6.45) is 5.09. The van der Waals surface area contributed by atoms with Gasteiger partial charge in [0.25, 0.3) is 0 Å². The van der Waals surface area contributed by atoms with Crippen LogP contribution in [-0.2, 0) is 9.47 Å². The second-order valence-electron chi connectivity index (χ2n) is 5.71. The van der Waals surface area contributed by atoms with Crippen LogP contribution in [0.1, 0.15) is 63.2 Å². The van der Waals surface area contributed by atoms with E-state index in [0.29, 0.717) is 0 Å². The molecule has 1 saturated heterocycles. The Bertz CT molecular complexity index is 438. The zero-order valence-corrected chi connectivity index (χ0v) is 13.5. The molecule has 1 heterocycles. The molecule has 3 heteroatoms. The van der Waals surface area contributed by atoms with Gasteiger partial charge in [0.2, 0.25) is 0 Å². The first-order valence-electron chi connectivity index (χ1n) is 8.26. The van der Waals surface area contributed by atoms with Gasteiger partial charge in [0, 0.05) is 12.8 Å². The van der Waals surface area contributed by atoms with Gasteiger partial charge in [-0.15, -0.1) is 0 Å². The van der Waals surface area contributed by atoms with Crippen LogP contribution in [0.25, 0.3) is 0 Å². The predicted molar refractivity (Wildman–Crippen MR) is 84.1 cm³/mol. The van der Waals surface area contributed by atoms with E-state index in [4.69, 9.17) is 9.47 Å². The van der Waals surface area contributed by atoms with E-state index in [0.717, 1.165) is 31.2 Å². The van der Waals surface area contributed by atoms with Gasteiger partial charge in [0.05, 0.1) is 6.61 Å². The maximum atomic E-state index is 9.60. The van der Waals surface area contributed by atoms with Crippen LogP contribution in [0.2, 0.25) is 0 Å². The van der Waals surface area contributed by atoms with Crippen LogP contribution < -0.4 is 0 Å². The molecule has 21 heavy (non-hydrogen) atoms. The van der Waals surface area contributed by atoms with Crippen LogP contribution in [0, 0.1) is 6.92 Å². The zero-order valence-electron chi connectivity index (χ0n) is 13.5. The minimum absolute atomic E-state index is 0.0146. The molecule has 0 bridgehead atoms. The van der Waals surface area contributed by atoms with E-state index < -0.39 is 5.79 Å². The number of aryl methyl sites for hydroxylation is 1. The summed E-state index contributed by atoms with van der Waals surface area (Å²) < 4.78 is 12.4. The molecule has 1 aromatic rings. The minimum atomic E-state index is -0.446. The van der Waals surface area contributed by atoms with E-state index in [2.05, 4.69) is 19.1 Å². The smallest absolute Gasteiger partial charge is 0.169 e. The molecule has 1 spiro atoms. The van der Waals surface area contributed by atoms with Gasteiger partial charge in [-0.1, -0.05) is 44.5 Å². The quantitative estimate of drug-likeness (QED) is 0.890. The van der Waals surface area contributed by atoms with Gasteiger partial charge in [-0.3, -0.25) is 0 Å². The van der Waals surface area contributed by atoms with Gasteiger partial charge in [0.15, 0.2) is 5.79 Å². The number of hydrogen-bond donors (Lipinski definition) is 1. The summed E-state index contributed by atoms with van der Waals surface area (Å²) in [5, 5.41) is 9.60. The van der Waals surface area contributed by atoms with Crippen LogP contribution in [0.5, 0.6) is 0 Å². The van der Waals surface area contributed by atoms with Crippen LogP contribution in [-0.4, -0.2) is 23.6 Å². The minimum Gasteiger partial charge on any atom is -0.394 e. The van der Waals surface area contributed by atoms with Crippen molar-refractivity contribution in [2.45, 2.75) is 70.9 Å². The van der Waals surface area contributed by atoms with Crippen molar-refractivity contribution in [1.82, 2.24) is 0 Å². The van der Waals surface area contributed by atoms with Crippen molar-refractivity contribution in [3.8, 4) is 0 Å². The largest absolute Gasteiger partial charge is 0.394 e. The topological polar surface area (TPSA) is 38.7 Å². The lowest BCUT2D eigenvalue weighted by Crippen LogP contribution is -2.33. The maximum Gasteiger partial charge on any atom is 0.169 e. The highest BCUT2D eigenvalue weighted by Gasteiger charge is 2.48. The van der Waals surface area contributed by atoms with Crippen molar-refractivity contribution in [1.29, 1.82) is 0 Å². The molecule has 3 nitrogen and oxygen atoms in total. The third-order valence-electron chi connectivity index (χ3n) is 4.34. The summed E-state index contributed by atoms with van der Waals surface area (Å²) in [6, 6.07) is 8.21. The lowest BCUT2D eigenvalue weighted by Gasteiger charge is -2.32. The average molecular weight is 292 g/mol. The number of rotatable bonds is 2. The van der Waals surface area contributed by atoms with Gasteiger partial charge in [-0.25, -0.2) is 0 Å². The lowest BCUT2D eigenvalue weighted by molar-refractivity contribution is -0.196. The maximum absolute atomic E-state index is 9.60. The summed E-state index contributed by atoms with van der Waals surface area (Å²) >= 11 is 0. The van der Waals surface area contributed by atoms with E-state index in [1.54, 1.807) is 0 Å². The monoisotopic (exact) mass is 292 g/mol. The normalized spacial score (nSPS) is 27.2. The Balaban J connectivity index is 0.000000774. The molecule has 0 radical (unpaired) electrons. The van der Waals surface area contributed by atoms with E-state index >= 15 is 0 Å². The third kappa shape index (κ3) is 3.47. The van der Waals surface area contributed by atoms with Crippen LogP contribution >= 0.6 is 0 Å². The summed E-state index contributed by atoms with van der Waals surface area (Å²) in [5.41, 5.74) is 2.34. The number of aliphatic hydroxyl groups excluding tert-OH is 1. The first-order valence-corrected chi connectivity index (χ1v) is 8.26. The highest BCUT2D eigenvalue weighted by atomic mass is 16.8. The first-order chi connectivity index (χ1) is 10.2. The third-order valence-corrected chi connectivity index (χ3v) is 4.34. The highest BCUT2D eigenvalue weighted by Crippen LogP contribution is 2.46. The second kappa shape index (κ2) is 7.39.